The van der Waals surface area contributed by atoms with Crippen LogP contribution in [0.2, 0.25) is 0 Å². The topological polar surface area (TPSA) is 53.3 Å². The zero-order valence-corrected chi connectivity index (χ0v) is 12.1. The third-order valence-corrected chi connectivity index (χ3v) is 4.08. The lowest BCUT2D eigenvalue weighted by molar-refractivity contribution is 0.0438. The maximum Gasteiger partial charge on any atom is 0.254 e. The summed E-state index contributed by atoms with van der Waals surface area (Å²) in [5, 5.41) is 11.2. The van der Waals surface area contributed by atoms with Crippen molar-refractivity contribution in [2.24, 2.45) is 0 Å². The summed E-state index contributed by atoms with van der Waals surface area (Å²) in [5.74, 6) is -0.0471. The molecule has 0 aromatic heterocycles. The summed E-state index contributed by atoms with van der Waals surface area (Å²) in [4.78, 5) is 14.5. The number of carbonyl (C=O) groups is 1. The van der Waals surface area contributed by atoms with E-state index in [0.717, 1.165) is 10.8 Å². The zero-order chi connectivity index (χ0) is 15.0. The second-order valence-corrected chi connectivity index (χ2v) is 5.39. The van der Waals surface area contributed by atoms with E-state index in [9.17, 15) is 10.1 Å². The minimum atomic E-state index is -0.0471. The first kappa shape index (κ1) is 13.6. The van der Waals surface area contributed by atoms with Crippen molar-refractivity contribution in [1.82, 2.24) is 4.90 Å². The normalized spacial score (nSPS) is 18.8. The van der Waals surface area contributed by atoms with Crippen LogP contribution in [0.25, 0.3) is 10.8 Å². The van der Waals surface area contributed by atoms with Crippen LogP contribution in [0.3, 0.4) is 0 Å². The quantitative estimate of drug-likeness (QED) is 0.745. The average Bonchev–Trinajstić information content (AvgIpc) is 2.51. The fraction of sp³-hybridized carbons (Fsp3) is 0.294. The SMILES string of the molecule is C[C@H]1COCc2c(C#N)cc3ccccc3c2C(=O)N1C. The van der Waals surface area contributed by atoms with Crippen LogP contribution in [0.5, 0.6) is 0 Å². The van der Waals surface area contributed by atoms with Gasteiger partial charge < -0.3 is 9.64 Å². The molecule has 21 heavy (non-hydrogen) atoms. The lowest BCUT2D eigenvalue weighted by Gasteiger charge is -2.29. The molecule has 0 radical (unpaired) electrons. The maximum absolute atomic E-state index is 12.8. The molecule has 0 saturated heterocycles. The second-order valence-electron chi connectivity index (χ2n) is 5.39. The third kappa shape index (κ3) is 2.16. The lowest BCUT2D eigenvalue weighted by Crippen LogP contribution is -2.40. The van der Waals surface area contributed by atoms with Crippen LogP contribution in [0.4, 0.5) is 0 Å². The molecule has 1 heterocycles. The van der Waals surface area contributed by atoms with Crippen molar-refractivity contribution >= 4 is 16.7 Å². The van der Waals surface area contributed by atoms with Gasteiger partial charge in [-0.3, -0.25) is 4.79 Å². The van der Waals surface area contributed by atoms with Gasteiger partial charge in [0.05, 0.1) is 36.5 Å². The van der Waals surface area contributed by atoms with Crippen molar-refractivity contribution in [3.63, 3.8) is 0 Å². The highest BCUT2D eigenvalue weighted by molar-refractivity contribution is 6.09. The van der Waals surface area contributed by atoms with Crippen molar-refractivity contribution in [2.45, 2.75) is 19.6 Å². The fourth-order valence-corrected chi connectivity index (χ4v) is 2.70. The molecule has 4 nitrogen and oxygen atoms in total. The van der Waals surface area contributed by atoms with E-state index in [4.69, 9.17) is 4.74 Å². The van der Waals surface area contributed by atoms with Gasteiger partial charge in [-0.1, -0.05) is 24.3 Å². The molecule has 1 aliphatic rings. The van der Waals surface area contributed by atoms with Gasteiger partial charge >= 0.3 is 0 Å². The number of rotatable bonds is 0. The molecule has 2 aromatic carbocycles. The second kappa shape index (κ2) is 5.19. The van der Waals surface area contributed by atoms with Crippen LogP contribution in [-0.2, 0) is 11.3 Å². The van der Waals surface area contributed by atoms with Gasteiger partial charge in [0.1, 0.15) is 0 Å². The molecule has 0 fully saturated rings. The van der Waals surface area contributed by atoms with E-state index in [1.54, 1.807) is 11.9 Å². The molecule has 0 spiro atoms. The molecular formula is C17H16N2O2. The van der Waals surface area contributed by atoms with Gasteiger partial charge in [-0.25, -0.2) is 0 Å². The Morgan fingerprint density at radius 3 is 2.90 bits per heavy atom. The summed E-state index contributed by atoms with van der Waals surface area (Å²) < 4.78 is 5.68. The highest BCUT2D eigenvalue weighted by Gasteiger charge is 2.27. The third-order valence-electron chi connectivity index (χ3n) is 4.08. The van der Waals surface area contributed by atoms with Crippen LogP contribution in [-0.4, -0.2) is 30.5 Å². The Morgan fingerprint density at radius 1 is 1.38 bits per heavy atom. The summed E-state index contributed by atoms with van der Waals surface area (Å²) in [6.07, 6.45) is 0. The lowest BCUT2D eigenvalue weighted by atomic mass is 9.93. The highest BCUT2D eigenvalue weighted by Crippen LogP contribution is 2.29. The number of amides is 1. The summed E-state index contributed by atoms with van der Waals surface area (Å²) >= 11 is 0. The number of hydrogen-bond donors (Lipinski definition) is 0. The van der Waals surface area contributed by atoms with E-state index < -0.39 is 0 Å². The first-order valence-electron chi connectivity index (χ1n) is 6.93. The largest absolute Gasteiger partial charge is 0.375 e. The molecule has 4 heteroatoms. The molecule has 0 unspecified atom stereocenters. The summed E-state index contributed by atoms with van der Waals surface area (Å²) in [6.45, 7) is 2.73. The van der Waals surface area contributed by atoms with Gasteiger partial charge in [0.2, 0.25) is 0 Å². The molecule has 1 aliphatic heterocycles. The predicted octanol–water partition coefficient (Wildman–Crippen LogP) is 2.70. The summed E-state index contributed by atoms with van der Waals surface area (Å²) in [5.41, 5.74) is 1.80. The van der Waals surface area contributed by atoms with Gasteiger partial charge in [-0.2, -0.15) is 5.26 Å². The first-order valence-corrected chi connectivity index (χ1v) is 6.93. The Bertz CT molecular complexity index is 761. The molecular weight excluding hydrogens is 264 g/mol. The van der Waals surface area contributed by atoms with Crippen LogP contribution in [0.1, 0.15) is 28.4 Å². The number of likely N-dealkylation sites (N-methyl/N-ethyl adjacent to an activating group) is 1. The Balaban J connectivity index is 2.35. The maximum atomic E-state index is 12.8. The van der Waals surface area contributed by atoms with Crippen molar-refractivity contribution in [2.75, 3.05) is 13.7 Å². The predicted molar refractivity (Wildman–Crippen MR) is 79.9 cm³/mol. The van der Waals surface area contributed by atoms with Gasteiger partial charge in [0.25, 0.3) is 5.91 Å². The molecule has 0 N–H and O–H groups in total. The molecule has 2 aromatic rings. The molecule has 1 amide bonds. The van der Waals surface area contributed by atoms with Crippen molar-refractivity contribution in [3.8, 4) is 6.07 Å². The van der Waals surface area contributed by atoms with Crippen LogP contribution in [0, 0.1) is 11.3 Å². The van der Waals surface area contributed by atoms with Crippen molar-refractivity contribution < 1.29 is 9.53 Å². The Hall–Kier alpha value is -2.38. The van der Waals surface area contributed by atoms with E-state index in [1.807, 2.05) is 37.3 Å². The Labute approximate surface area is 123 Å². The van der Waals surface area contributed by atoms with E-state index in [-0.39, 0.29) is 11.9 Å². The van der Waals surface area contributed by atoms with Gasteiger partial charge in [0, 0.05) is 12.6 Å². The van der Waals surface area contributed by atoms with E-state index in [2.05, 4.69) is 6.07 Å². The zero-order valence-electron chi connectivity index (χ0n) is 12.1. The molecule has 0 saturated carbocycles. The minimum absolute atomic E-state index is 0.00940. The Kier molecular flexibility index (Phi) is 3.36. The molecule has 0 bridgehead atoms. The molecule has 106 valence electrons. The van der Waals surface area contributed by atoms with E-state index >= 15 is 0 Å². The van der Waals surface area contributed by atoms with Crippen LogP contribution in [0.15, 0.2) is 30.3 Å². The number of fused-ring (bicyclic) bond motifs is 3. The van der Waals surface area contributed by atoms with E-state index in [0.29, 0.717) is 29.9 Å². The monoisotopic (exact) mass is 280 g/mol. The van der Waals surface area contributed by atoms with Gasteiger partial charge in [-0.05, 0) is 23.8 Å². The number of benzene rings is 2. The number of nitrogens with zero attached hydrogens (tertiary/aromatic N) is 2. The molecule has 1 atom stereocenters. The fourth-order valence-electron chi connectivity index (χ4n) is 2.70. The summed E-state index contributed by atoms with van der Waals surface area (Å²) in [6, 6.07) is 11.7. The molecule has 0 aliphatic carbocycles. The number of nitriles is 1. The van der Waals surface area contributed by atoms with Gasteiger partial charge in [-0.15, -0.1) is 0 Å². The van der Waals surface area contributed by atoms with E-state index in [1.165, 1.54) is 0 Å². The van der Waals surface area contributed by atoms with Crippen LogP contribution >= 0.6 is 0 Å². The number of hydrogen-bond acceptors (Lipinski definition) is 3. The highest BCUT2D eigenvalue weighted by atomic mass is 16.5. The minimum Gasteiger partial charge on any atom is -0.375 e. The first-order chi connectivity index (χ1) is 10.1. The van der Waals surface area contributed by atoms with Crippen molar-refractivity contribution in [1.29, 1.82) is 5.26 Å². The Morgan fingerprint density at radius 2 is 2.14 bits per heavy atom. The molecule has 3 rings (SSSR count). The van der Waals surface area contributed by atoms with Crippen LogP contribution < -0.4 is 0 Å². The summed E-state index contributed by atoms with van der Waals surface area (Å²) in [7, 11) is 1.78. The number of ether oxygens (including phenoxy) is 1. The number of carbonyl (C=O) groups excluding carboxylic acids is 1. The smallest absolute Gasteiger partial charge is 0.254 e. The standard InChI is InChI=1S/C17H16N2O2/c1-11-9-21-10-15-13(8-18)7-12-5-3-4-6-14(12)16(15)17(20)19(11)2/h3-7,11H,9-10H2,1-2H3/t11-/m0/s1. The average molecular weight is 280 g/mol. The van der Waals surface area contributed by atoms with Crippen molar-refractivity contribution in [3.05, 3.63) is 47.0 Å². The van der Waals surface area contributed by atoms with Gasteiger partial charge in [0.15, 0.2) is 0 Å².